The largest absolute Gasteiger partial charge is 0.478 e. The Hall–Kier alpha value is -2.55. The van der Waals surface area contributed by atoms with Crippen LogP contribution in [0.1, 0.15) is 27.2 Å². The molecule has 106 valence electrons. The summed E-state index contributed by atoms with van der Waals surface area (Å²) >= 11 is 0. The number of hydrogen-bond acceptors (Lipinski definition) is 1. The lowest BCUT2D eigenvalue weighted by Gasteiger charge is -2.07. The zero-order chi connectivity index (χ0) is 15.0. The van der Waals surface area contributed by atoms with Gasteiger partial charge in [-0.1, -0.05) is 42.5 Å². The van der Waals surface area contributed by atoms with Crippen LogP contribution in [0.2, 0.25) is 0 Å². The van der Waals surface area contributed by atoms with Gasteiger partial charge < -0.3 is 9.67 Å². The number of fused-ring (bicyclic) bond motifs is 1. The van der Waals surface area contributed by atoms with E-state index in [0.29, 0.717) is 5.56 Å². The molecule has 1 N–H and O–H groups in total. The third kappa shape index (κ3) is 2.21. The van der Waals surface area contributed by atoms with Gasteiger partial charge in [0.05, 0.1) is 11.1 Å². The molecule has 21 heavy (non-hydrogen) atoms. The Morgan fingerprint density at radius 2 is 1.81 bits per heavy atom. The molecular weight excluding hydrogens is 262 g/mol. The highest BCUT2D eigenvalue weighted by Gasteiger charge is 2.17. The Bertz CT molecular complexity index is 816. The van der Waals surface area contributed by atoms with Gasteiger partial charge in [-0.2, -0.15) is 0 Å². The maximum atomic E-state index is 11.4. The van der Waals surface area contributed by atoms with E-state index in [0.717, 1.165) is 28.6 Å². The minimum Gasteiger partial charge on any atom is -0.478 e. The zero-order valence-corrected chi connectivity index (χ0v) is 12.1. The van der Waals surface area contributed by atoms with Crippen LogP contribution < -0.4 is 0 Å². The molecule has 0 unspecified atom stereocenters. The van der Waals surface area contributed by atoms with Gasteiger partial charge in [0, 0.05) is 24.5 Å². The lowest BCUT2D eigenvalue weighted by atomic mass is 10.0. The predicted octanol–water partition coefficient (Wildman–Crippen LogP) is 3.78. The summed E-state index contributed by atoms with van der Waals surface area (Å²) in [6.07, 6.45) is 0.802. The highest BCUT2D eigenvalue weighted by molar-refractivity contribution is 6.03. The normalized spacial score (nSPS) is 11.0. The average molecular weight is 279 g/mol. The van der Waals surface area contributed by atoms with Gasteiger partial charge in [0.1, 0.15) is 0 Å². The number of aromatic nitrogens is 1. The van der Waals surface area contributed by atoms with E-state index in [4.69, 9.17) is 0 Å². The van der Waals surface area contributed by atoms with Crippen molar-refractivity contribution in [3.05, 3.63) is 70.9 Å². The van der Waals surface area contributed by atoms with Crippen LogP contribution in [0.5, 0.6) is 0 Å². The molecule has 0 aliphatic rings. The van der Waals surface area contributed by atoms with Crippen molar-refractivity contribution in [1.82, 2.24) is 4.57 Å². The van der Waals surface area contributed by atoms with Crippen LogP contribution in [-0.2, 0) is 13.5 Å². The summed E-state index contributed by atoms with van der Waals surface area (Å²) in [6, 6.07) is 15.7. The highest BCUT2D eigenvalue weighted by Crippen LogP contribution is 2.29. The van der Waals surface area contributed by atoms with Gasteiger partial charge in [-0.25, -0.2) is 4.79 Å². The van der Waals surface area contributed by atoms with Gasteiger partial charge in [-0.15, -0.1) is 0 Å². The lowest BCUT2D eigenvalue weighted by Crippen LogP contribution is -2.03. The molecule has 0 radical (unpaired) electrons. The van der Waals surface area contributed by atoms with Gasteiger partial charge in [-0.3, -0.25) is 0 Å². The van der Waals surface area contributed by atoms with E-state index in [2.05, 4.69) is 19.1 Å². The summed E-state index contributed by atoms with van der Waals surface area (Å²) in [5, 5.41) is 10.4. The number of carboxylic acids is 1. The molecule has 0 saturated carbocycles. The minimum atomic E-state index is -0.882. The molecule has 0 amide bonds. The Kier molecular flexibility index (Phi) is 3.26. The number of nitrogens with zero attached hydrogens (tertiary/aromatic N) is 1. The second-order valence-electron chi connectivity index (χ2n) is 5.30. The first-order chi connectivity index (χ1) is 10.1. The average Bonchev–Trinajstić information content (AvgIpc) is 2.73. The van der Waals surface area contributed by atoms with E-state index >= 15 is 0 Å². The van der Waals surface area contributed by atoms with Crippen LogP contribution in [-0.4, -0.2) is 15.6 Å². The fourth-order valence-electron chi connectivity index (χ4n) is 2.96. The number of rotatable bonds is 3. The van der Waals surface area contributed by atoms with Crippen LogP contribution in [0.4, 0.5) is 0 Å². The summed E-state index contributed by atoms with van der Waals surface area (Å²) in [5.74, 6) is -0.882. The van der Waals surface area contributed by atoms with Crippen molar-refractivity contribution in [3.63, 3.8) is 0 Å². The predicted molar refractivity (Wildman–Crippen MR) is 83.9 cm³/mol. The summed E-state index contributed by atoms with van der Waals surface area (Å²) in [6.45, 7) is 2.06. The number of carboxylic acid groups (broad SMARTS) is 1. The fourth-order valence-corrected chi connectivity index (χ4v) is 2.96. The van der Waals surface area contributed by atoms with Crippen molar-refractivity contribution in [2.45, 2.75) is 13.3 Å². The second-order valence-corrected chi connectivity index (χ2v) is 5.30. The van der Waals surface area contributed by atoms with E-state index in [-0.39, 0.29) is 0 Å². The Labute approximate surface area is 123 Å². The van der Waals surface area contributed by atoms with Gasteiger partial charge in [-0.05, 0) is 24.1 Å². The van der Waals surface area contributed by atoms with Gasteiger partial charge in [0.25, 0.3) is 0 Å². The molecule has 0 spiro atoms. The number of aromatic carboxylic acids is 1. The second kappa shape index (κ2) is 5.09. The first-order valence-corrected chi connectivity index (χ1v) is 6.93. The van der Waals surface area contributed by atoms with Crippen LogP contribution >= 0.6 is 0 Å². The summed E-state index contributed by atoms with van der Waals surface area (Å²) in [5.41, 5.74) is 4.69. The number of benzene rings is 2. The van der Waals surface area contributed by atoms with Crippen LogP contribution in [0.3, 0.4) is 0 Å². The summed E-state index contributed by atoms with van der Waals surface area (Å²) in [7, 11) is 1.94. The van der Waals surface area contributed by atoms with E-state index in [1.165, 1.54) is 5.56 Å². The summed E-state index contributed by atoms with van der Waals surface area (Å²) < 4.78 is 2.02. The standard InChI is InChI=1S/C18H17NO2/c1-12-14-9-6-10-15(18(20)21)17(14)19(2)16(12)11-13-7-4-3-5-8-13/h3-10H,11H2,1-2H3,(H,20,21). The molecule has 0 saturated heterocycles. The maximum Gasteiger partial charge on any atom is 0.337 e. The van der Waals surface area contributed by atoms with Crippen molar-refractivity contribution in [1.29, 1.82) is 0 Å². The first kappa shape index (κ1) is 13.4. The molecule has 0 bridgehead atoms. The Morgan fingerprint density at radius 1 is 1.10 bits per heavy atom. The number of hydrogen-bond donors (Lipinski definition) is 1. The number of carbonyl (C=O) groups is 1. The molecular formula is C18H17NO2. The van der Waals surface area contributed by atoms with Gasteiger partial charge >= 0.3 is 5.97 Å². The molecule has 0 atom stereocenters. The Balaban J connectivity index is 2.21. The van der Waals surface area contributed by atoms with Crippen LogP contribution in [0.15, 0.2) is 48.5 Å². The number of aryl methyl sites for hydroxylation is 2. The highest BCUT2D eigenvalue weighted by atomic mass is 16.4. The van der Waals surface area contributed by atoms with Gasteiger partial charge in [0.2, 0.25) is 0 Å². The molecule has 0 fully saturated rings. The molecule has 0 aliphatic carbocycles. The molecule has 3 heteroatoms. The van der Waals surface area contributed by atoms with Crippen molar-refractivity contribution in [2.75, 3.05) is 0 Å². The smallest absolute Gasteiger partial charge is 0.337 e. The molecule has 1 aromatic heterocycles. The lowest BCUT2D eigenvalue weighted by molar-refractivity contribution is 0.0698. The SMILES string of the molecule is Cc1c(Cc2ccccc2)n(C)c2c(C(=O)O)cccc12. The monoisotopic (exact) mass is 279 g/mol. The van der Waals surface area contributed by atoms with Crippen LogP contribution in [0, 0.1) is 6.92 Å². The van der Waals surface area contributed by atoms with Crippen LogP contribution in [0.25, 0.3) is 10.9 Å². The third-order valence-corrected chi connectivity index (χ3v) is 4.06. The first-order valence-electron chi connectivity index (χ1n) is 6.93. The van der Waals surface area contributed by atoms with E-state index < -0.39 is 5.97 Å². The van der Waals surface area contributed by atoms with Crippen molar-refractivity contribution >= 4 is 16.9 Å². The van der Waals surface area contributed by atoms with Gasteiger partial charge in [0.15, 0.2) is 0 Å². The summed E-state index contributed by atoms with van der Waals surface area (Å²) in [4.78, 5) is 11.4. The fraction of sp³-hybridized carbons (Fsp3) is 0.167. The van der Waals surface area contributed by atoms with E-state index in [1.807, 2.05) is 41.9 Å². The quantitative estimate of drug-likeness (QED) is 0.793. The minimum absolute atomic E-state index is 0.359. The molecule has 3 aromatic rings. The van der Waals surface area contributed by atoms with E-state index in [9.17, 15) is 9.90 Å². The molecule has 2 aromatic carbocycles. The zero-order valence-electron chi connectivity index (χ0n) is 12.1. The molecule has 3 rings (SSSR count). The maximum absolute atomic E-state index is 11.4. The van der Waals surface area contributed by atoms with Crippen molar-refractivity contribution in [2.24, 2.45) is 7.05 Å². The Morgan fingerprint density at radius 3 is 2.48 bits per heavy atom. The molecule has 1 heterocycles. The molecule has 0 aliphatic heterocycles. The third-order valence-electron chi connectivity index (χ3n) is 4.06. The van der Waals surface area contributed by atoms with Crippen molar-refractivity contribution in [3.8, 4) is 0 Å². The van der Waals surface area contributed by atoms with E-state index in [1.54, 1.807) is 6.07 Å². The van der Waals surface area contributed by atoms with Crippen molar-refractivity contribution < 1.29 is 9.90 Å². The number of para-hydroxylation sites is 1. The molecule has 3 nitrogen and oxygen atoms in total. The topological polar surface area (TPSA) is 42.2 Å².